The molecule has 0 unspecified atom stereocenters. The molecule has 0 spiro atoms. The molecule has 1 heterocycles. The minimum atomic E-state index is -0.606. The molecule has 122 valence electrons. The Labute approximate surface area is 143 Å². The van der Waals surface area contributed by atoms with Gasteiger partial charge >= 0.3 is 0 Å². The molecule has 1 aromatic heterocycles. The van der Waals surface area contributed by atoms with Gasteiger partial charge in [0, 0.05) is 29.8 Å². The average molecular weight is 355 g/mol. The quantitative estimate of drug-likeness (QED) is 0.811. The Balaban J connectivity index is 1.90. The molecule has 7 heteroatoms. The number of nitrogens with zero attached hydrogens (tertiary/aromatic N) is 1. The molecule has 2 rings (SSSR count). The first kappa shape index (κ1) is 17.4. The number of amides is 1. The van der Waals surface area contributed by atoms with Gasteiger partial charge in [-0.15, -0.1) is 0 Å². The van der Waals surface area contributed by atoms with Crippen LogP contribution in [0, 0.1) is 0 Å². The lowest BCUT2D eigenvalue weighted by Gasteiger charge is -2.08. The second-order valence-corrected chi connectivity index (χ2v) is 5.93. The number of halogens is 2. The Morgan fingerprint density at radius 3 is 2.74 bits per heavy atom. The first-order valence-electron chi connectivity index (χ1n) is 7.01. The molecule has 2 aromatic rings. The van der Waals surface area contributed by atoms with Crippen molar-refractivity contribution in [1.29, 1.82) is 0 Å². The molecule has 0 bridgehead atoms. The maximum absolute atomic E-state index is 12.0. The second kappa shape index (κ2) is 7.53. The van der Waals surface area contributed by atoms with Gasteiger partial charge in [0.1, 0.15) is 0 Å². The number of aromatic hydroxyl groups is 1. The zero-order valence-corrected chi connectivity index (χ0v) is 14.0. The molecule has 2 N–H and O–H groups in total. The molecule has 5 nitrogen and oxygen atoms in total. The van der Waals surface area contributed by atoms with Crippen LogP contribution in [-0.4, -0.2) is 22.1 Å². The third-order valence-corrected chi connectivity index (χ3v) is 4.00. The first-order valence-corrected chi connectivity index (χ1v) is 7.76. The van der Waals surface area contributed by atoms with Crippen molar-refractivity contribution >= 4 is 29.1 Å². The molecule has 0 saturated carbocycles. The van der Waals surface area contributed by atoms with E-state index in [1.807, 2.05) is 6.07 Å². The summed E-state index contributed by atoms with van der Waals surface area (Å²) in [6, 6.07) is 6.69. The van der Waals surface area contributed by atoms with Gasteiger partial charge in [0.05, 0.1) is 5.56 Å². The van der Waals surface area contributed by atoms with Crippen LogP contribution in [0.4, 0.5) is 0 Å². The zero-order chi connectivity index (χ0) is 17.0. The largest absolute Gasteiger partial charge is 0.502 e. The minimum Gasteiger partial charge on any atom is -0.502 e. The van der Waals surface area contributed by atoms with Crippen molar-refractivity contribution < 1.29 is 9.90 Å². The number of aromatic nitrogens is 1. The van der Waals surface area contributed by atoms with Crippen molar-refractivity contribution in [3.63, 3.8) is 0 Å². The van der Waals surface area contributed by atoms with Crippen molar-refractivity contribution in [3.05, 3.63) is 62.0 Å². The van der Waals surface area contributed by atoms with Crippen LogP contribution >= 0.6 is 23.2 Å². The maximum atomic E-state index is 12.0. The Morgan fingerprint density at radius 1 is 1.30 bits per heavy atom. The summed E-state index contributed by atoms with van der Waals surface area (Å²) in [6.07, 6.45) is 2.78. The fraction of sp³-hybridized carbons (Fsp3) is 0.250. The monoisotopic (exact) mass is 354 g/mol. The molecule has 0 aliphatic heterocycles. The highest BCUT2D eigenvalue weighted by Crippen LogP contribution is 2.21. The number of nitrogens with one attached hydrogen (secondary N) is 1. The molecule has 23 heavy (non-hydrogen) atoms. The molecule has 1 aromatic carbocycles. The van der Waals surface area contributed by atoms with E-state index in [2.05, 4.69) is 5.32 Å². The van der Waals surface area contributed by atoms with Crippen molar-refractivity contribution in [2.75, 3.05) is 6.54 Å². The lowest BCUT2D eigenvalue weighted by Crippen LogP contribution is -2.27. The highest BCUT2D eigenvalue weighted by Gasteiger charge is 2.14. The molecular weight excluding hydrogens is 339 g/mol. The van der Waals surface area contributed by atoms with Gasteiger partial charge in [-0.2, -0.15) is 0 Å². The fourth-order valence-corrected chi connectivity index (χ4v) is 2.60. The summed E-state index contributed by atoms with van der Waals surface area (Å²) in [7, 11) is 1.50. The lowest BCUT2D eigenvalue weighted by atomic mass is 10.1. The van der Waals surface area contributed by atoms with Crippen LogP contribution in [0.2, 0.25) is 10.0 Å². The maximum Gasteiger partial charge on any atom is 0.293 e. The van der Waals surface area contributed by atoms with Crippen molar-refractivity contribution in [3.8, 4) is 5.75 Å². The van der Waals surface area contributed by atoms with Crippen LogP contribution in [0.1, 0.15) is 22.3 Å². The zero-order valence-electron chi connectivity index (χ0n) is 12.5. The van der Waals surface area contributed by atoms with Gasteiger partial charge in [0.2, 0.25) is 0 Å². The Kier molecular flexibility index (Phi) is 5.69. The summed E-state index contributed by atoms with van der Waals surface area (Å²) < 4.78 is 1.20. The van der Waals surface area contributed by atoms with Gasteiger partial charge in [-0.3, -0.25) is 9.59 Å². The molecule has 0 fully saturated rings. The summed E-state index contributed by atoms with van der Waals surface area (Å²) in [5, 5.41) is 13.6. The van der Waals surface area contributed by atoms with Crippen LogP contribution in [0.15, 0.2) is 35.3 Å². The van der Waals surface area contributed by atoms with Crippen LogP contribution in [0.5, 0.6) is 5.75 Å². The number of hydrogen-bond donors (Lipinski definition) is 2. The molecular formula is C16H16Cl2N2O3. The van der Waals surface area contributed by atoms with Gasteiger partial charge in [-0.25, -0.2) is 0 Å². The van der Waals surface area contributed by atoms with Crippen LogP contribution in [0.25, 0.3) is 0 Å². The van der Waals surface area contributed by atoms with E-state index in [1.54, 1.807) is 12.1 Å². The van der Waals surface area contributed by atoms with Crippen LogP contribution < -0.4 is 10.9 Å². The molecule has 1 amide bonds. The highest BCUT2D eigenvalue weighted by atomic mass is 35.5. The summed E-state index contributed by atoms with van der Waals surface area (Å²) >= 11 is 11.9. The van der Waals surface area contributed by atoms with Gasteiger partial charge in [-0.05, 0) is 36.6 Å². The SMILES string of the molecule is Cn1ccc(C(=O)NCCCc2ccc(Cl)cc2Cl)c(O)c1=O. The van der Waals surface area contributed by atoms with Gasteiger partial charge in [-0.1, -0.05) is 29.3 Å². The average Bonchev–Trinajstić information content (AvgIpc) is 2.51. The topological polar surface area (TPSA) is 71.3 Å². The highest BCUT2D eigenvalue weighted by molar-refractivity contribution is 6.35. The van der Waals surface area contributed by atoms with Gasteiger partial charge in [0.15, 0.2) is 5.75 Å². The third-order valence-electron chi connectivity index (χ3n) is 3.41. The van der Waals surface area contributed by atoms with E-state index >= 15 is 0 Å². The number of benzene rings is 1. The summed E-state index contributed by atoms with van der Waals surface area (Å²) in [5.74, 6) is -1.03. The fourth-order valence-electron chi connectivity index (χ4n) is 2.10. The second-order valence-electron chi connectivity index (χ2n) is 5.09. The van der Waals surface area contributed by atoms with Crippen molar-refractivity contribution in [2.24, 2.45) is 7.05 Å². The van der Waals surface area contributed by atoms with E-state index in [0.717, 1.165) is 5.56 Å². The Hall–Kier alpha value is -1.98. The molecule has 0 aliphatic rings. The summed E-state index contributed by atoms with van der Waals surface area (Å²) in [5.41, 5.74) is 0.310. The van der Waals surface area contributed by atoms with Gasteiger partial charge in [0.25, 0.3) is 11.5 Å². The summed E-state index contributed by atoms with van der Waals surface area (Å²) in [6.45, 7) is 0.395. The van der Waals surface area contributed by atoms with Crippen LogP contribution in [0.3, 0.4) is 0 Å². The van der Waals surface area contributed by atoms with E-state index in [0.29, 0.717) is 29.4 Å². The van der Waals surface area contributed by atoms with Crippen molar-refractivity contribution in [1.82, 2.24) is 9.88 Å². The van der Waals surface area contributed by atoms with Crippen LogP contribution in [-0.2, 0) is 13.5 Å². The number of rotatable bonds is 5. The normalized spacial score (nSPS) is 10.6. The number of hydrogen-bond acceptors (Lipinski definition) is 3. The minimum absolute atomic E-state index is 0.0300. The standard InChI is InChI=1S/C16H16Cl2N2O3/c1-20-8-6-12(14(21)16(20)23)15(22)19-7-2-3-10-4-5-11(17)9-13(10)18/h4-6,8-9,21H,2-3,7H2,1H3,(H,19,22). The van der Waals surface area contributed by atoms with E-state index in [4.69, 9.17) is 23.2 Å². The molecule has 0 aliphatic carbocycles. The predicted molar refractivity (Wildman–Crippen MR) is 90.5 cm³/mol. The van der Waals surface area contributed by atoms with Gasteiger partial charge < -0.3 is 15.0 Å². The van der Waals surface area contributed by atoms with E-state index < -0.39 is 17.2 Å². The molecule has 0 atom stereocenters. The number of carbonyl (C=O) groups excluding carboxylic acids is 1. The Morgan fingerprint density at radius 2 is 2.04 bits per heavy atom. The summed E-state index contributed by atoms with van der Waals surface area (Å²) in [4.78, 5) is 23.6. The number of carbonyl (C=O) groups is 1. The number of pyridine rings is 1. The van der Waals surface area contributed by atoms with E-state index in [9.17, 15) is 14.7 Å². The molecule has 0 saturated heterocycles. The third kappa shape index (κ3) is 4.27. The van der Waals surface area contributed by atoms with Crippen molar-refractivity contribution in [2.45, 2.75) is 12.8 Å². The van der Waals surface area contributed by atoms with E-state index in [1.165, 1.54) is 23.9 Å². The smallest absolute Gasteiger partial charge is 0.293 e. The van der Waals surface area contributed by atoms with E-state index in [-0.39, 0.29) is 5.56 Å². The molecule has 0 radical (unpaired) electrons. The number of aryl methyl sites for hydroxylation is 2. The Bertz CT molecular complexity index is 787. The lowest BCUT2D eigenvalue weighted by molar-refractivity contribution is 0.0950. The first-order chi connectivity index (χ1) is 10.9. The predicted octanol–water partition coefficient (Wildman–Crippen LogP) is 2.76.